The van der Waals surface area contributed by atoms with Crippen LogP contribution < -0.4 is 10.1 Å². The first-order valence-electron chi connectivity index (χ1n) is 10.3. The van der Waals surface area contributed by atoms with Gasteiger partial charge < -0.3 is 19.2 Å². The number of nitrogens with one attached hydrogen (secondary N) is 1. The summed E-state index contributed by atoms with van der Waals surface area (Å²) in [5, 5.41) is 3.36. The minimum absolute atomic E-state index is 0.0966. The molecule has 5 heteroatoms. The van der Waals surface area contributed by atoms with Gasteiger partial charge in [0.05, 0.1) is 6.10 Å². The number of oxazole rings is 1. The lowest BCUT2D eigenvalue weighted by Gasteiger charge is -2.18. The zero-order valence-corrected chi connectivity index (χ0v) is 17.5. The maximum Gasteiger partial charge on any atom is 0.226 e. The Bertz CT molecular complexity index is 860. The number of ether oxygens (including phenoxy) is 2. The first-order valence-corrected chi connectivity index (χ1v) is 10.3. The molecule has 1 heterocycles. The molecular weight excluding hydrogens is 364 g/mol. The molecule has 1 N–H and O–H groups in total. The smallest absolute Gasteiger partial charge is 0.226 e. The molecule has 0 spiro atoms. The van der Waals surface area contributed by atoms with Gasteiger partial charge in [0.15, 0.2) is 0 Å². The van der Waals surface area contributed by atoms with Crippen LogP contribution in [0.15, 0.2) is 59.0 Å². The standard InChI is InChI=1S/C24H30N2O3/c1-4-25-16-15-23(27-5-2)19-11-13-21(14-12-19)28-17-22-18(3)29-24(26-22)20-9-7-6-8-10-20/h6-14,23,25H,4-5,15-17H2,1-3H3. The maximum absolute atomic E-state index is 5.94. The van der Waals surface area contributed by atoms with Crippen molar-refractivity contribution in [2.45, 2.75) is 39.9 Å². The number of nitrogens with zero attached hydrogens (tertiary/aromatic N) is 1. The van der Waals surface area contributed by atoms with Crippen molar-refractivity contribution in [3.8, 4) is 17.2 Å². The second-order valence-electron chi connectivity index (χ2n) is 6.83. The molecule has 0 aliphatic carbocycles. The van der Waals surface area contributed by atoms with E-state index in [9.17, 15) is 0 Å². The molecular formula is C24H30N2O3. The fourth-order valence-corrected chi connectivity index (χ4v) is 3.15. The van der Waals surface area contributed by atoms with Gasteiger partial charge in [0.2, 0.25) is 5.89 Å². The predicted octanol–water partition coefficient (Wildman–Crippen LogP) is 5.31. The number of hydrogen-bond donors (Lipinski definition) is 1. The predicted molar refractivity (Wildman–Crippen MR) is 115 cm³/mol. The molecule has 154 valence electrons. The van der Waals surface area contributed by atoms with Gasteiger partial charge >= 0.3 is 0 Å². The van der Waals surface area contributed by atoms with Crippen molar-refractivity contribution in [2.24, 2.45) is 0 Å². The van der Waals surface area contributed by atoms with Crippen molar-refractivity contribution in [1.29, 1.82) is 0 Å². The maximum atomic E-state index is 5.94. The monoisotopic (exact) mass is 394 g/mol. The summed E-state index contributed by atoms with van der Waals surface area (Å²) in [5.41, 5.74) is 2.94. The van der Waals surface area contributed by atoms with E-state index in [0.717, 1.165) is 42.3 Å². The average Bonchev–Trinajstić information content (AvgIpc) is 3.13. The average molecular weight is 395 g/mol. The van der Waals surface area contributed by atoms with E-state index < -0.39 is 0 Å². The van der Waals surface area contributed by atoms with Gasteiger partial charge in [-0.05, 0) is 63.2 Å². The molecule has 1 unspecified atom stereocenters. The van der Waals surface area contributed by atoms with Crippen LogP contribution in [-0.2, 0) is 11.3 Å². The second kappa shape index (κ2) is 10.8. The van der Waals surface area contributed by atoms with E-state index in [4.69, 9.17) is 13.9 Å². The zero-order chi connectivity index (χ0) is 20.5. The highest BCUT2D eigenvalue weighted by Crippen LogP contribution is 2.25. The number of aryl methyl sites for hydroxylation is 1. The van der Waals surface area contributed by atoms with Gasteiger partial charge in [0.25, 0.3) is 0 Å². The highest BCUT2D eigenvalue weighted by Gasteiger charge is 2.13. The van der Waals surface area contributed by atoms with Gasteiger partial charge in [-0.3, -0.25) is 0 Å². The van der Waals surface area contributed by atoms with Crippen molar-refractivity contribution in [3.05, 3.63) is 71.6 Å². The summed E-state index contributed by atoms with van der Waals surface area (Å²) in [6.45, 7) is 9.04. The van der Waals surface area contributed by atoms with E-state index >= 15 is 0 Å². The minimum Gasteiger partial charge on any atom is -0.487 e. The highest BCUT2D eigenvalue weighted by molar-refractivity contribution is 5.53. The van der Waals surface area contributed by atoms with Gasteiger partial charge in [0.1, 0.15) is 23.8 Å². The SMILES string of the molecule is CCNCCC(OCC)c1ccc(OCc2nc(-c3ccccc3)oc2C)cc1. The van der Waals surface area contributed by atoms with Crippen molar-refractivity contribution in [3.63, 3.8) is 0 Å². The molecule has 1 aromatic heterocycles. The van der Waals surface area contributed by atoms with Gasteiger partial charge in [-0.2, -0.15) is 0 Å². The van der Waals surface area contributed by atoms with Crippen molar-refractivity contribution in [2.75, 3.05) is 19.7 Å². The Morgan fingerprint density at radius 2 is 1.79 bits per heavy atom. The Hall–Kier alpha value is -2.63. The highest BCUT2D eigenvalue weighted by atomic mass is 16.5. The lowest BCUT2D eigenvalue weighted by molar-refractivity contribution is 0.0564. The molecule has 29 heavy (non-hydrogen) atoms. The third kappa shape index (κ3) is 5.92. The summed E-state index contributed by atoms with van der Waals surface area (Å²) in [6, 6.07) is 18.0. The summed E-state index contributed by atoms with van der Waals surface area (Å²) in [5.74, 6) is 2.21. The Morgan fingerprint density at radius 3 is 2.48 bits per heavy atom. The van der Waals surface area contributed by atoms with E-state index in [2.05, 4.69) is 29.4 Å². The summed E-state index contributed by atoms with van der Waals surface area (Å²) in [4.78, 5) is 4.59. The molecule has 5 nitrogen and oxygen atoms in total. The first-order chi connectivity index (χ1) is 14.2. The Balaban J connectivity index is 1.61. The summed E-state index contributed by atoms with van der Waals surface area (Å²) in [7, 11) is 0. The molecule has 0 bridgehead atoms. The second-order valence-corrected chi connectivity index (χ2v) is 6.83. The Kier molecular flexibility index (Phi) is 7.85. The molecule has 0 radical (unpaired) electrons. The van der Waals surface area contributed by atoms with Crippen LogP contribution in [0.3, 0.4) is 0 Å². The van der Waals surface area contributed by atoms with Crippen LogP contribution in [0.25, 0.3) is 11.5 Å². The molecule has 0 aliphatic heterocycles. The van der Waals surface area contributed by atoms with Crippen molar-refractivity contribution < 1.29 is 13.9 Å². The molecule has 1 atom stereocenters. The van der Waals surface area contributed by atoms with Gasteiger partial charge in [-0.15, -0.1) is 0 Å². The van der Waals surface area contributed by atoms with Crippen LogP contribution in [0.1, 0.15) is 43.4 Å². The summed E-state index contributed by atoms with van der Waals surface area (Å²) >= 11 is 0. The molecule has 3 aromatic rings. The molecule has 0 fully saturated rings. The molecule has 0 saturated carbocycles. The quantitative estimate of drug-likeness (QED) is 0.447. The van der Waals surface area contributed by atoms with Crippen LogP contribution in [0.4, 0.5) is 0 Å². The van der Waals surface area contributed by atoms with Crippen LogP contribution >= 0.6 is 0 Å². The fraction of sp³-hybridized carbons (Fsp3) is 0.375. The van der Waals surface area contributed by atoms with Crippen LogP contribution in [-0.4, -0.2) is 24.7 Å². The largest absolute Gasteiger partial charge is 0.487 e. The summed E-state index contributed by atoms with van der Waals surface area (Å²) in [6.07, 6.45) is 1.04. The molecule has 3 rings (SSSR count). The van der Waals surface area contributed by atoms with Gasteiger partial charge in [0, 0.05) is 12.2 Å². The van der Waals surface area contributed by atoms with Crippen molar-refractivity contribution in [1.82, 2.24) is 10.3 Å². The molecule has 2 aromatic carbocycles. The van der Waals surface area contributed by atoms with E-state index in [0.29, 0.717) is 19.1 Å². The Morgan fingerprint density at radius 1 is 1.03 bits per heavy atom. The molecule has 0 amide bonds. The first kappa shape index (κ1) is 21.1. The third-order valence-electron chi connectivity index (χ3n) is 4.74. The van der Waals surface area contributed by atoms with E-state index in [-0.39, 0.29) is 6.10 Å². The Labute approximate surface area is 173 Å². The fourth-order valence-electron chi connectivity index (χ4n) is 3.15. The number of hydrogen-bond acceptors (Lipinski definition) is 5. The van der Waals surface area contributed by atoms with Crippen molar-refractivity contribution >= 4 is 0 Å². The number of rotatable bonds is 11. The zero-order valence-electron chi connectivity index (χ0n) is 17.5. The van der Waals surface area contributed by atoms with Gasteiger partial charge in [-0.25, -0.2) is 4.98 Å². The van der Waals surface area contributed by atoms with Crippen LogP contribution in [0.2, 0.25) is 0 Å². The minimum atomic E-state index is 0.0966. The third-order valence-corrected chi connectivity index (χ3v) is 4.74. The van der Waals surface area contributed by atoms with E-state index in [1.54, 1.807) is 0 Å². The topological polar surface area (TPSA) is 56.5 Å². The molecule has 0 aliphatic rings. The lowest BCUT2D eigenvalue weighted by atomic mass is 10.1. The summed E-state index contributed by atoms with van der Waals surface area (Å²) < 4.78 is 17.6. The number of benzene rings is 2. The van der Waals surface area contributed by atoms with Crippen LogP contribution in [0.5, 0.6) is 5.75 Å². The number of aromatic nitrogens is 1. The normalized spacial score (nSPS) is 12.1. The van der Waals surface area contributed by atoms with E-state index in [1.807, 2.05) is 56.3 Å². The van der Waals surface area contributed by atoms with Crippen LogP contribution in [0, 0.1) is 6.92 Å². The van der Waals surface area contributed by atoms with E-state index in [1.165, 1.54) is 5.56 Å². The van der Waals surface area contributed by atoms with Gasteiger partial charge in [-0.1, -0.05) is 37.3 Å². The molecule has 0 saturated heterocycles. The lowest BCUT2D eigenvalue weighted by Crippen LogP contribution is -2.18.